The number of allylic oxidation sites excluding steroid dienone is 3. The molecule has 7 atom stereocenters. The summed E-state index contributed by atoms with van der Waals surface area (Å²) in [6.07, 6.45) is 21.1. The predicted molar refractivity (Wildman–Crippen MR) is 166 cm³/mol. The molecule has 2 amide bonds. The number of ether oxygens (including phenoxy) is 1. The van der Waals surface area contributed by atoms with Gasteiger partial charge in [-0.2, -0.15) is 0 Å². The summed E-state index contributed by atoms with van der Waals surface area (Å²) in [5.41, 5.74) is 2.01. The molecule has 0 aliphatic heterocycles. The first-order valence-electron chi connectivity index (χ1n) is 16.8. The van der Waals surface area contributed by atoms with Crippen LogP contribution in [0.15, 0.2) is 23.8 Å². The maximum absolute atomic E-state index is 12.5. The Morgan fingerprint density at radius 3 is 2.60 bits per heavy atom. The number of nitrogens with one attached hydrogen (secondary N) is 2. The summed E-state index contributed by atoms with van der Waals surface area (Å²) in [5, 5.41) is 14.0. The number of alkyl carbamates (subject to hydrolysis) is 1. The topological polar surface area (TPSA) is 105 Å². The molecule has 2 saturated carbocycles. The molecule has 0 aromatic carbocycles. The second-order valence-corrected chi connectivity index (χ2v) is 14.6. The summed E-state index contributed by atoms with van der Waals surface area (Å²) in [6.45, 7) is 10.4. The molecule has 0 aromatic heterocycles. The van der Waals surface area contributed by atoms with Gasteiger partial charge in [0.05, 0.1) is 6.42 Å². The number of rotatable bonds is 12. The molecule has 4 aliphatic carbocycles. The second kappa shape index (κ2) is 14.4. The average molecular weight is 585 g/mol. The van der Waals surface area contributed by atoms with Gasteiger partial charge in [-0.3, -0.25) is 9.59 Å². The zero-order valence-electron chi connectivity index (χ0n) is 26.6. The molecule has 1 spiro atoms. The first kappa shape index (κ1) is 32.6. The Morgan fingerprint density at radius 2 is 1.83 bits per heavy atom. The number of aliphatic carboxylic acids is 1. The lowest BCUT2D eigenvalue weighted by atomic mass is 9.56. The normalized spacial score (nSPS) is 33.6. The van der Waals surface area contributed by atoms with Crippen LogP contribution < -0.4 is 10.6 Å². The molecule has 0 aromatic rings. The number of carbonyl (C=O) groups is 3. The summed E-state index contributed by atoms with van der Waals surface area (Å²) >= 11 is 0. The van der Waals surface area contributed by atoms with E-state index >= 15 is 0 Å². The van der Waals surface area contributed by atoms with E-state index in [9.17, 15) is 14.4 Å². The lowest BCUT2D eigenvalue weighted by Gasteiger charge is -2.49. The van der Waals surface area contributed by atoms with E-state index in [2.05, 4.69) is 56.6 Å². The predicted octanol–water partition coefficient (Wildman–Crippen LogP) is 7.41. The van der Waals surface area contributed by atoms with Crippen molar-refractivity contribution < 1.29 is 24.2 Å². The van der Waals surface area contributed by atoms with Crippen LogP contribution in [0.4, 0.5) is 4.79 Å². The van der Waals surface area contributed by atoms with E-state index < -0.39 is 12.1 Å². The molecule has 0 saturated heterocycles. The molecular formula is C35H56N2O5. The number of carboxylic acid groups (broad SMARTS) is 1. The zero-order valence-corrected chi connectivity index (χ0v) is 26.6. The van der Waals surface area contributed by atoms with Crippen LogP contribution >= 0.6 is 0 Å². The Kier molecular flexibility index (Phi) is 11.2. The largest absolute Gasteiger partial charge is 0.481 e. The van der Waals surface area contributed by atoms with E-state index in [1.54, 1.807) is 0 Å². The van der Waals surface area contributed by atoms with Gasteiger partial charge in [0.25, 0.3) is 0 Å². The van der Waals surface area contributed by atoms with Crippen LogP contribution in [-0.4, -0.2) is 42.3 Å². The molecule has 0 radical (unpaired) electrons. The fourth-order valence-electron chi connectivity index (χ4n) is 9.15. The number of fused-ring (bicyclic) bond motifs is 3. The molecule has 7 nitrogen and oxygen atoms in total. The summed E-state index contributed by atoms with van der Waals surface area (Å²) in [5.74, 6) is 2.64. The molecule has 4 aliphatic rings. The van der Waals surface area contributed by atoms with Gasteiger partial charge in [-0.1, -0.05) is 70.8 Å². The molecule has 2 bridgehead atoms. The zero-order chi connectivity index (χ0) is 30.3. The first-order valence-corrected chi connectivity index (χ1v) is 16.8. The summed E-state index contributed by atoms with van der Waals surface area (Å²) < 4.78 is 5.81. The fraction of sp³-hybridized carbons (Fsp3) is 0.800. The van der Waals surface area contributed by atoms with E-state index in [-0.39, 0.29) is 43.4 Å². The number of amides is 2. The van der Waals surface area contributed by atoms with E-state index in [1.165, 1.54) is 56.9 Å². The Balaban J connectivity index is 1.31. The van der Waals surface area contributed by atoms with Crippen LogP contribution in [0.3, 0.4) is 0 Å². The van der Waals surface area contributed by atoms with E-state index in [0.29, 0.717) is 5.41 Å². The van der Waals surface area contributed by atoms with Gasteiger partial charge >= 0.3 is 12.1 Å². The highest BCUT2D eigenvalue weighted by Crippen LogP contribution is 2.62. The molecule has 42 heavy (non-hydrogen) atoms. The van der Waals surface area contributed by atoms with Crippen LogP contribution in [0.25, 0.3) is 0 Å². The number of hydrogen-bond donors (Lipinski definition) is 3. The van der Waals surface area contributed by atoms with Crippen molar-refractivity contribution in [3.63, 3.8) is 0 Å². The third-order valence-corrected chi connectivity index (χ3v) is 11.3. The molecule has 7 heteroatoms. The van der Waals surface area contributed by atoms with Gasteiger partial charge < -0.3 is 20.5 Å². The Bertz CT molecular complexity index is 1020. The Labute approximate surface area is 253 Å². The second-order valence-electron chi connectivity index (χ2n) is 14.6. The Hall–Kier alpha value is -2.31. The van der Waals surface area contributed by atoms with Crippen LogP contribution in [0.2, 0.25) is 0 Å². The van der Waals surface area contributed by atoms with Crippen molar-refractivity contribution >= 4 is 18.0 Å². The average Bonchev–Trinajstić information content (AvgIpc) is 3.29. The van der Waals surface area contributed by atoms with Crippen molar-refractivity contribution in [1.82, 2.24) is 10.6 Å². The quantitative estimate of drug-likeness (QED) is 0.164. The monoisotopic (exact) mass is 584 g/mol. The number of carbonyl (C=O) groups excluding carboxylic acids is 2. The summed E-state index contributed by atoms with van der Waals surface area (Å²) in [6, 6.07) is 0. The summed E-state index contributed by atoms with van der Waals surface area (Å²) in [7, 11) is 0. The highest BCUT2D eigenvalue weighted by Gasteiger charge is 2.53. The summed E-state index contributed by atoms with van der Waals surface area (Å²) in [4.78, 5) is 34.7. The van der Waals surface area contributed by atoms with E-state index in [1.807, 2.05) is 0 Å². The molecule has 4 rings (SSSR count). The molecule has 0 heterocycles. The molecule has 0 unspecified atom stereocenters. The van der Waals surface area contributed by atoms with Crippen LogP contribution in [0.5, 0.6) is 0 Å². The van der Waals surface area contributed by atoms with Gasteiger partial charge in [0.2, 0.25) is 5.91 Å². The van der Waals surface area contributed by atoms with Crippen molar-refractivity contribution in [3.05, 3.63) is 23.8 Å². The maximum Gasteiger partial charge on any atom is 0.407 e. The van der Waals surface area contributed by atoms with Crippen molar-refractivity contribution in [2.45, 2.75) is 124 Å². The van der Waals surface area contributed by atoms with Crippen molar-refractivity contribution in [2.24, 2.45) is 40.4 Å². The minimum absolute atomic E-state index is 0.0633. The van der Waals surface area contributed by atoms with E-state index in [0.717, 1.165) is 55.3 Å². The molecule has 2 fully saturated rings. The highest BCUT2D eigenvalue weighted by atomic mass is 16.6. The lowest BCUT2D eigenvalue weighted by Crippen LogP contribution is -2.42. The fourth-order valence-corrected chi connectivity index (χ4v) is 9.15. The molecule has 3 N–H and O–H groups in total. The number of carboxylic acids is 1. The lowest BCUT2D eigenvalue weighted by molar-refractivity contribution is -0.138. The van der Waals surface area contributed by atoms with Gasteiger partial charge in [-0.05, 0) is 86.4 Å². The maximum atomic E-state index is 12.5. The van der Waals surface area contributed by atoms with Crippen molar-refractivity contribution in [1.29, 1.82) is 0 Å². The van der Waals surface area contributed by atoms with Gasteiger partial charge in [0.15, 0.2) is 0 Å². The SMILES string of the molecule is CC(C)CCC[C@@H](C)[C@H]1CC[C@H]2[C@@H]3CC=C4C[C@@H](OC(=O)NCCNC(=O)CCC(=O)O)CC[C@]4(/C=C/CC[C@]12C)C3. The van der Waals surface area contributed by atoms with Crippen LogP contribution in [-0.2, 0) is 14.3 Å². The third-order valence-electron chi connectivity index (χ3n) is 11.3. The van der Waals surface area contributed by atoms with Gasteiger partial charge in [-0.15, -0.1) is 0 Å². The van der Waals surface area contributed by atoms with Crippen molar-refractivity contribution in [2.75, 3.05) is 13.1 Å². The van der Waals surface area contributed by atoms with Crippen LogP contribution in [0.1, 0.15) is 118 Å². The van der Waals surface area contributed by atoms with Crippen molar-refractivity contribution in [3.8, 4) is 0 Å². The standard InChI is InChI=1S/C35H56N2O5/c1-24(2)8-7-9-25(3)29-12-13-30-26-10-11-27-22-28(16-19-35(27,23-26)18-6-5-17-34(29,30)4)42-33(41)37-21-20-36-31(38)14-15-32(39)40/h6,11,18,24-26,28-30H,5,7-10,12-17,19-23H2,1-4H3,(H,36,38)(H,37,41)(H,39,40)/b18-6+/t25-,26-,28+,29-,30+,34-,35-/m1/s1. The smallest absolute Gasteiger partial charge is 0.407 e. The van der Waals surface area contributed by atoms with E-state index in [4.69, 9.17) is 9.84 Å². The highest BCUT2D eigenvalue weighted by molar-refractivity contribution is 5.80. The third kappa shape index (κ3) is 7.99. The minimum atomic E-state index is -1.00. The van der Waals surface area contributed by atoms with Gasteiger partial charge in [0, 0.05) is 31.3 Å². The van der Waals surface area contributed by atoms with Gasteiger partial charge in [-0.25, -0.2) is 4.79 Å². The first-order chi connectivity index (χ1) is 20.0. The van der Waals surface area contributed by atoms with Crippen LogP contribution in [0, 0.1) is 40.4 Å². The number of hydrogen-bond acceptors (Lipinski definition) is 4. The minimum Gasteiger partial charge on any atom is -0.481 e. The Morgan fingerprint density at radius 1 is 1.05 bits per heavy atom. The molecular weight excluding hydrogens is 528 g/mol. The molecule has 236 valence electrons. The van der Waals surface area contributed by atoms with Gasteiger partial charge in [0.1, 0.15) is 6.10 Å².